The predicted molar refractivity (Wildman–Crippen MR) is 142 cm³/mol. The Morgan fingerprint density at radius 3 is 2.82 bits per heavy atom. The molecule has 1 aliphatic rings. The highest BCUT2D eigenvalue weighted by Gasteiger charge is 2.32. The fourth-order valence-electron chi connectivity index (χ4n) is 3.87. The van der Waals surface area contributed by atoms with E-state index in [1.54, 1.807) is 18.3 Å². The summed E-state index contributed by atoms with van der Waals surface area (Å²) >= 11 is 7.78. The van der Waals surface area contributed by atoms with Crippen LogP contribution < -0.4 is 15.5 Å². The van der Waals surface area contributed by atoms with Crippen LogP contribution in [0.25, 0.3) is 10.2 Å². The lowest BCUT2D eigenvalue weighted by Crippen LogP contribution is -2.60. The van der Waals surface area contributed by atoms with E-state index >= 15 is 0 Å². The van der Waals surface area contributed by atoms with Crippen molar-refractivity contribution in [3.63, 3.8) is 0 Å². The second-order valence-corrected chi connectivity index (χ2v) is 10.00. The number of nitrogens with zero attached hydrogens (tertiary/aromatic N) is 3. The number of rotatable bonds is 10. The molecule has 0 bridgehead atoms. The molecule has 1 aliphatic heterocycles. The topological polar surface area (TPSA) is 86.7 Å². The van der Waals surface area contributed by atoms with Crippen molar-refractivity contribution in [1.29, 1.82) is 0 Å². The van der Waals surface area contributed by atoms with E-state index in [9.17, 15) is 9.59 Å². The van der Waals surface area contributed by atoms with Crippen LogP contribution in [-0.4, -0.2) is 54.6 Å². The first kappa shape index (κ1) is 26.3. The summed E-state index contributed by atoms with van der Waals surface area (Å²) in [7, 11) is 0. The second-order valence-electron chi connectivity index (χ2n) is 8.66. The number of carbonyl (C=O) groups excluding carboxylic acids is 2. The number of aliphatic imine (C=N–C) groups is 1. The molecule has 1 saturated heterocycles. The number of hydrogen-bond acceptors (Lipinski definition) is 7. The van der Waals surface area contributed by atoms with Crippen molar-refractivity contribution in [1.82, 2.24) is 15.6 Å². The molecule has 0 radical (unpaired) electrons. The number of aldehydes is 1. The van der Waals surface area contributed by atoms with Crippen LogP contribution in [0.2, 0.25) is 0 Å². The molecule has 9 heteroatoms. The monoisotopic (exact) mass is 503 g/mol. The molecule has 34 heavy (non-hydrogen) atoms. The molecule has 7 nitrogen and oxygen atoms in total. The molecule has 1 fully saturated rings. The molecule has 0 saturated carbocycles. The number of carbonyl (C=O) groups is 2. The van der Waals surface area contributed by atoms with Crippen molar-refractivity contribution >= 4 is 56.2 Å². The molecule has 2 heterocycles. The first-order chi connectivity index (χ1) is 16.4. The predicted octanol–water partition coefficient (Wildman–Crippen LogP) is 4.90. The Hall–Kier alpha value is -2.29. The van der Waals surface area contributed by atoms with Gasteiger partial charge in [0.15, 0.2) is 11.4 Å². The third-order valence-corrected chi connectivity index (χ3v) is 7.76. The van der Waals surface area contributed by atoms with Gasteiger partial charge >= 0.3 is 0 Å². The van der Waals surface area contributed by atoms with Gasteiger partial charge in [0.25, 0.3) is 5.91 Å². The minimum atomic E-state index is -0.196. The highest BCUT2D eigenvalue weighted by molar-refractivity contribution is 7.22. The minimum Gasteiger partial charge on any atom is -0.347 e. The Morgan fingerprint density at radius 1 is 1.32 bits per heavy atom. The van der Waals surface area contributed by atoms with Crippen molar-refractivity contribution in [2.24, 2.45) is 4.99 Å². The lowest BCUT2D eigenvalue weighted by atomic mass is 9.99. The number of nitrogens with one attached hydrogen (secondary N) is 2. The Labute approximate surface area is 210 Å². The zero-order valence-corrected chi connectivity index (χ0v) is 21.9. The van der Waals surface area contributed by atoms with E-state index < -0.39 is 0 Å². The molecule has 1 aromatic heterocycles. The first-order valence-corrected chi connectivity index (χ1v) is 13.1. The van der Waals surface area contributed by atoms with Crippen molar-refractivity contribution in [3.8, 4) is 0 Å². The summed E-state index contributed by atoms with van der Waals surface area (Å²) in [5, 5.41) is 8.09. The van der Waals surface area contributed by atoms with Crippen LogP contribution >= 0.6 is 22.9 Å². The molecule has 2 aromatic rings. The van der Waals surface area contributed by atoms with Crippen LogP contribution in [-0.2, 0) is 4.79 Å². The van der Waals surface area contributed by atoms with Gasteiger partial charge in [-0.2, -0.15) is 0 Å². The molecule has 0 aliphatic carbocycles. The van der Waals surface area contributed by atoms with Crippen molar-refractivity contribution < 1.29 is 9.59 Å². The van der Waals surface area contributed by atoms with Crippen molar-refractivity contribution in [3.05, 3.63) is 34.5 Å². The van der Waals surface area contributed by atoms with Crippen molar-refractivity contribution in [2.75, 3.05) is 24.5 Å². The average molecular weight is 504 g/mol. The molecule has 1 amide bonds. The average Bonchev–Trinajstić information content (AvgIpc) is 3.28. The summed E-state index contributed by atoms with van der Waals surface area (Å²) in [6.07, 6.45) is 4.61. The number of halogens is 1. The summed E-state index contributed by atoms with van der Waals surface area (Å²) in [4.78, 5) is 35.6. The van der Waals surface area contributed by atoms with E-state index in [-0.39, 0.29) is 18.0 Å². The first-order valence-electron chi connectivity index (χ1n) is 11.9. The lowest BCUT2D eigenvalue weighted by Gasteiger charge is -2.39. The molecule has 1 unspecified atom stereocenters. The summed E-state index contributed by atoms with van der Waals surface area (Å²) in [6, 6.07) is 5.66. The lowest BCUT2D eigenvalue weighted by molar-refractivity contribution is -0.115. The van der Waals surface area contributed by atoms with Crippen LogP contribution in [0.5, 0.6) is 0 Å². The highest BCUT2D eigenvalue weighted by Crippen LogP contribution is 2.32. The maximum Gasteiger partial charge on any atom is 0.265 e. The minimum absolute atomic E-state index is 0.0271. The van der Waals surface area contributed by atoms with Crippen molar-refractivity contribution in [2.45, 2.75) is 65.5 Å². The maximum atomic E-state index is 12.9. The smallest absolute Gasteiger partial charge is 0.265 e. The van der Waals surface area contributed by atoms with Gasteiger partial charge in [0.1, 0.15) is 10.9 Å². The van der Waals surface area contributed by atoms with Gasteiger partial charge in [-0.05, 0) is 51.3 Å². The van der Waals surface area contributed by atoms with Crippen LogP contribution in [0.1, 0.15) is 63.7 Å². The number of amides is 1. The number of aromatic nitrogens is 1. The third-order valence-electron chi connectivity index (χ3n) is 6.17. The summed E-state index contributed by atoms with van der Waals surface area (Å²) < 4.78 is 0.914. The molecule has 0 spiro atoms. The summed E-state index contributed by atoms with van der Waals surface area (Å²) in [6.45, 7) is 10.1. The number of allylic oxidation sites excluding steroid dienone is 1. The van der Waals surface area contributed by atoms with E-state index in [1.165, 1.54) is 0 Å². The number of fused-ring (bicyclic) bond motifs is 1. The Bertz CT molecular complexity index is 1080. The largest absolute Gasteiger partial charge is 0.347 e. The van der Waals surface area contributed by atoms with Crippen LogP contribution in [0, 0.1) is 0 Å². The summed E-state index contributed by atoms with van der Waals surface area (Å²) in [5.74, 6) is -0.196. The number of anilines is 1. The van der Waals surface area contributed by atoms with Gasteiger partial charge in [-0.25, -0.2) is 9.98 Å². The van der Waals surface area contributed by atoms with Crippen LogP contribution in [0.4, 0.5) is 5.13 Å². The number of benzene rings is 1. The fraction of sp³-hybridized carbons (Fsp3) is 0.520. The normalized spacial score (nSPS) is 19.8. The van der Waals surface area contributed by atoms with Gasteiger partial charge in [-0.15, -0.1) is 0 Å². The molecular weight excluding hydrogens is 470 g/mol. The van der Waals surface area contributed by atoms with Gasteiger partial charge < -0.3 is 15.5 Å². The third kappa shape index (κ3) is 6.43. The Morgan fingerprint density at radius 2 is 2.12 bits per heavy atom. The van der Waals surface area contributed by atoms with Gasteiger partial charge in [0, 0.05) is 30.7 Å². The maximum absolute atomic E-state index is 12.9. The number of thiazole rings is 1. The van der Waals surface area contributed by atoms with E-state index in [1.807, 2.05) is 32.0 Å². The molecule has 184 valence electrons. The standard InChI is InChI=1S/C25H34ClN5O2S/c1-5-7-12-27-21-14-31(25-30-20-10-8-9-18(15-32)22(20)34-25)13-11-19(21)29-24(33)17(4)28-23(26)16(3)6-2/h8-10,15,19,21,27H,5-7,11-14H2,1-4H3,(H,29,33)/b23-16+,28-17+/t19-,21?/m1/s1. The molecule has 2 atom stereocenters. The highest BCUT2D eigenvalue weighted by atomic mass is 35.5. The van der Waals surface area contributed by atoms with E-state index in [2.05, 4.69) is 27.4 Å². The number of hydrogen-bond donors (Lipinski definition) is 2. The molecular formula is C25H34ClN5O2S. The molecule has 2 N–H and O–H groups in total. The van der Waals surface area contributed by atoms with E-state index in [0.717, 1.165) is 72.5 Å². The van der Waals surface area contributed by atoms with Crippen LogP contribution in [0.3, 0.4) is 0 Å². The fourth-order valence-corrected chi connectivity index (χ4v) is 5.20. The summed E-state index contributed by atoms with van der Waals surface area (Å²) in [5.41, 5.74) is 2.83. The zero-order chi connectivity index (χ0) is 24.7. The Balaban J connectivity index is 1.75. The second kappa shape index (κ2) is 12.4. The van der Waals surface area contributed by atoms with Gasteiger partial charge in [-0.1, -0.05) is 55.3 Å². The zero-order valence-electron chi connectivity index (χ0n) is 20.4. The van der Waals surface area contributed by atoms with Crippen LogP contribution in [0.15, 0.2) is 33.9 Å². The van der Waals surface area contributed by atoms with Gasteiger partial charge in [-0.3, -0.25) is 9.59 Å². The number of piperidine rings is 1. The molecule has 3 rings (SSSR count). The van der Waals surface area contributed by atoms with E-state index in [4.69, 9.17) is 16.6 Å². The molecule has 1 aromatic carbocycles. The van der Waals surface area contributed by atoms with E-state index in [0.29, 0.717) is 16.4 Å². The quantitative estimate of drug-likeness (QED) is 0.208. The SMILES string of the molecule is CCCCNC1CN(c2nc3cccc(C=O)c3s2)CC[C@H]1NC(=O)/C(C)=N/C(Cl)=C(\C)CC. The number of unbranched alkanes of at least 4 members (excludes halogenated alkanes) is 1. The van der Waals surface area contributed by atoms with Gasteiger partial charge in [0.05, 0.1) is 10.2 Å². The Kier molecular flexibility index (Phi) is 9.62. The van der Waals surface area contributed by atoms with Gasteiger partial charge in [0.2, 0.25) is 0 Å².